The molecule has 334 valence electrons. The van der Waals surface area contributed by atoms with Crippen LogP contribution in [0.25, 0.3) is 0 Å². The average Bonchev–Trinajstić information content (AvgIpc) is 3.23. The Morgan fingerprint density at radius 3 is 1.03 bits per heavy atom. The summed E-state index contributed by atoms with van der Waals surface area (Å²) in [5.74, 6) is -0.976. The van der Waals surface area contributed by atoms with Gasteiger partial charge >= 0.3 is 17.9 Å². The van der Waals surface area contributed by atoms with Gasteiger partial charge in [-0.3, -0.25) is 14.4 Å². The van der Waals surface area contributed by atoms with Crippen molar-refractivity contribution in [3.05, 3.63) is 97.2 Å². The van der Waals surface area contributed by atoms with Gasteiger partial charge < -0.3 is 14.2 Å². The van der Waals surface area contributed by atoms with Gasteiger partial charge in [0.05, 0.1) is 0 Å². The molecule has 0 bridgehead atoms. The Morgan fingerprint density at radius 1 is 0.356 bits per heavy atom. The molecule has 0 radical (unpaired) electrons. The van der Waals surface area contributed by atoms with E-state index in [2.05, 4.69) is 118 Å². The molecular formula is C53H86O6. The average molecular weight is 819 g/mol. The van der Waals surface area contributed by atoms with E-state index in [1.807, 2.05) is 0 Å². The van der Waals surface area contributed by atoms with Crippen molar-refractivity contribution in [2.24, 2.45) is 0 Å². The molecule has 0 fully saturated rings. The van der Waals surface area contributed by atoms with Gasteiger partial charge in [0.25, 0.3) is 0 Å². The minimum Gasteiger partial charge on any atom is -0.462 e. The van der Waals surface area contributed by atoms with E-state index in [1.54, 1.807) is 0 Å². The Bertz CT molecular complexity index is 1220. The lowest BCUT2D eigenvalue weighted by Crippen LogP contribution is -2.30. The van der Waals surface area contributed by atoms with Crippen molar-refractivity contribution in [2.75, 3.05) is 13.2 Å². The number of rotatable bonds is 41. The number of ether oxygens (including phenoxy) is 3. The van der Waals surface area contributed by atoms with Gasteiger partial charge in [-0.1, -0.05) is 182 Å². The van der Waals surface area contributed by atoms with Crippen molar-refractivity contribution in [3.8, 4) is 0 Å². The van der Waals surface area contributed by atoms with E-state index in [0.717, 1.165) is 122 Å². The van der Waals surface area contributed by atoms with Gasteiger partial charge in [0.1, 0.15) is 13.2 Å². The molecular weight excluding hydrogens is 733 g/mol. The Hall–Kier alpha value is -3.67. The Labute approximate surface area is 362 Å². The minimum absolute atomic E-state index is 0.101. The lowest BCUT2D eigenvalue weighted by atomic mass is 10.1. The predicted octanol–water partition coefficient (Wildman–Crippen LogP) is 15.4. The summed E-state index contributed by atoms with van der Waals surface area (Å²) in [6.07, 6.45) is 61.1. The number of hydrogen-bond acceptors (Lipinski definition) is 6. The van der Waals surface area contributed by atoms with Crippen LogP contribution in [-0.4, -0.2) is 37.2 Å². The molecule has 0 aliphatic heterocycles. The molecule has 0 aromatic carbocycles. The number of carbonyl (C=O) groups excluding carboxylic acids is 3. The zero-order chi connectivity index (χ0) is 43.0. The van der Waals surface area contributed by atoms with E-state index < -0.39 is 6.10 Å². The first-order valence-corrected chi connectivity index (χ1v) is 23.7. The van der Waals surface area contributed by atoms with Crippen LogP contribution in [0.4, 0.5) is 0 Å². The Balaban J connectivity index is 4.49. The molecule has 1 atom stereocenters. The van der Waals surface area contributed by atoms with E-state index in [-0.39, 0.29) is 37.5 Å². The zero-order valence-electron chi connectivity index (χ0n) is 38.0. The maximum absolute atomic E-state index is 12.7. The van der Waals surface area contributed by atoms with E-state index >= 15 is 0 Å². The van der Waals surface area contributed by atoms with Crippen molar-refractivity contribution >= 4 is 17.9 Å². The van der Waals surface area contributed by atoms with Gasteiger partial charge in [0.15, 0.2) is 6.10 Å². The first-order valence-electron chi connectivity index (χ1n) is 23.7. The summed E-state index contributed by atoms with van der Waals surface area (Å²) < 4.78 is 16.7. The number of esters is 3. The Kier molecular flexibility index (Phi) is 44.1. The Morgan fingerprint density at radius 2 is 0.661 bits per heavy atom. The zero-order valence-corrected chi connectivity index (χ0v) is 38.0. The van der Waals surface area contributed by atoms with Crippen molar-refractivity contribution in [2.45, 2.75) is 207 Å². The van der Waals surface area contributed by atoms with Crippen molar-refractivity contribution in [1.29, 1.82) is 0 Å². The molecule has 0 N–H and O–H groups in total. The highest BCUT2D eigenvalue weighted by Crippen LogP contribution is 2.12. The van der Waals surface area contributed by atoms with Gasteiger partial charge in [-0.25, -0.2) is 0 Å². The number of allylic oxidation sites excluding steroid dienone is 16. The van der Waals surface area contributed by atoms with Gasteiger partial charge in [0, 0.05) is 19.3 Å². The summed E-state index contributed by atoms with van der Waals surface area (Å²) in [6.45, 7) is 6.31. The molecule has 0 aliphatic carbocycles. The molecule has 6 nitrogen and oxygen atoms in total. The second-order valence-electron chi connectivity index (χ2n) is 15.3. The first kappa shape index (κ1) is 55.3. The normalized spacial score (nSPS) is 12.9. The highest BCUT2D eigenvalue weighted by atomic mass is 16.6. The SMILES string of the molecule is CC/C=C\C/C=C\C/C=C\C/C=C\CCCCCC(=O)OCC(COC(=O)CCCCCCCCCCC)OC(=O)CCCCC/C=C\C/C=C\C/C=C\C/C=C\CC. The largest absolute Gasteiger partial charge is 0.462 e. The van der Waals surface area contributed by atoms with E-state index in [4.69, 9.17) is 14.2 Å². The van der Waals surface area contributed by atoms with Crippen LogP contribution in [0.2, 0.25) is 0 Å². The summed E-state index contributed by atoms with van der Waals surface area (Å²) in [6, 6.07) is 0. The molecule has 0 spiro atoms. The lowest BCUT2D eigenvalue weighted by molar-refractivity contribution is -0.167. The van der Waals surface area contributed by atoms with Crippen LogP contribution in [0.5, 0.6) is 0 Å². The van der Waals surface area contributed by atoms with Crippen LogP contribution >= 0.6 is 0 Å². The van der Waals surface area contributed by atoms with Crippen molar-refractivity contribution in [1.82, 2.24) is 0 Å². The van der Waals surface area contributed by atoms with Gasteiger partial charge in [0.2, 0.25) is 0 Å². The topological polar surface area (TPSA) is 78.9 Å². The third kappa shape index (κ3) is 45.3. The van der Waals surface area contributed by atoms with Crippen LogP contribution < -0.4 is 0 Å². The fraction of sp³-hybridized carbons (Fsp3) is 0.642. The second-order valence-corrected chi connectivity index (χ2v) is 15.3. The van der Waals surface area contributed by atoms with Crippen molar-refractivity contribution < 1.29 is 28.6 Å². The quantitative estimate of drug-likeness (QED) is 0.0265. The van der Waals surface area contributed by atoms with E-state index in [0.29, 0.717) is 12.8 Å². The molecule has 0 saturated carbocycles. The summed E-state index contributed by atoms with van der Waals surface area (Å²) in [5, 5.41) is 0. The number of unbranched alkanes of at least 4 members (excludes halogenated alkanes) is 14. The second kappa shape index (κ2) is 47.0. The number of hydrogen-bond donors (Lipinski definition) is 0. The third-order valence-electron chi connectivity index (χ3n) is 9.58. The van der Waals surface area contributed by atoms with Gasteiger partial charge in [-0.2, -0.15) is 0 Å². The maximum Gasteiger partial charge on any atom is 0.306 e. The molecule has 0 amide bonds. The molecule has 0 aromatic heterocycles. The number of carbonyl (C=O) groups is 3. The molecule has 0 saturated heterocycles. The van der Waals surface area contributed by atoms with Crippen LogP contribution in [0.15, 0.2) is 97.2 Å². The van der Waals surface area contributed by atoms with E-state index in [1.165, 1.54) is 38.5 Å². The maximum atomic E-state index is 12.7. The highest BCUT2D eigenvalue weighted by Gasteiger charge is 2.19. The highest BCUT2D eigenvalue weighted by molar-refractivity contribution is 5.71. The molecule has 0 aliphatic rings. The van der Waals surface area contributed by atoms with Crippen LogP contribution in [0.1, 0.15) is 201 Å². The van der Waals surface area contributed by atoms with Gasteiger partial charge in [-0.15, -0.1) is 0 Å². The van der Waals surface area contributed by atoms with Crippen molar-refractivity contribution in [3.63, 3.8) is 0 Å². The molecule has 0 rings (SSSR count). The predicted molar refractivity (Wildman–Crippen MR) is 251 cm³/mol. The molecule has 1 unspecified atom stereocenters. The van der Waals surface area contributed by atoms with Crippen LogP contribution in [-0.2, 0) is 28.6 Å². The minimum atomic E-state index is -0.805. The van der Waals surface area contributed by atoms with Crippen LogP contribution in [0.3, 0.4) is 0 Å². The molecule has 6 heteroatoms. The first-order chi connectivity index (χ1) is 29.0. The smallest absolute Gasteiger partial charge is 0.306 e. The fourth-order valence-corrected chi connectivity index (χ4v) is 6.07. The molecule has 0 aromatic rings. The summed E-state index contributed by atoms with van der Waals surface area (Å²) >= 11 is 0. The monoisotopic (exact) mass is 819 g/mol. The summed E-state index contributed by atoms with van der Waals surface area (Å²) in [4.78, 5) is 37.8. The molecule has 59 heavy (non-hydrogen) atoms. The third-order valence-corrected chi connectivity index (χ3v) is 9.58. The fourth-order valence-electron chi connectivity index (χ4n) is 6.07. The summed E-state index contributed by atoms with van der Waals surface area (Å²) in [7, 11) is 0. The van der Waals surface area contributed by atoms with Crippen LogP contribution in [0, 0.1) is 0 Å². The van der Waals surface area contributed by atoms with E-state index in [9.17, 15) is 14.4 Å². The standard InChI is InChI=1S/C53H86O6/c1-4-7-10-13-16-19-21-23-25-27-29-31-34-37-40-43-46-52(55)58-49-50(48-57-51(54)45-42-39-36-33-18-15-12-9-6-3)59-53(56)47-44-41-38-35-32-30-28-26-24-22-20-17-14-11-8-5-2/h7-8,10-11,16-17,19-20,23-26,29-32,50H,4-6,9,12-15,18,21-22,27-28,33-49H2,1-3H3/b10-7-,11-8-,19-16-,20-17-,25-23-,26-24-,31-29-,32-30-. The summed E-state index contributed by atoms with van der Waals surface area (Å²) in [5.41, 5.74) is 0. The molecule has 0 heterocycles. The lowest BCUT2D eigenvalue weighted by Gasteiger charge is -2.18. The van der Waals surface area contributed by atoms with Gasteiger partial charge in [-0.05, 0) is 96.3 Å².